The zero-order chi connectivity index (χ0) is 14.9. The van der Waals surface area contributed by atoms with E-state index in [1.165, 1.54) is 29.2 Å². The van der Waals surface area contributed by atoms with Gasteiger partial charge in [-0.2, -0.15) is 0 Å². The summed E-state index contributed by atoms with van der Waals surface area (Å²) in [6.45, 7) is 3.37. The minimum absolute atomic E-state index is 0.0177. The maximum atomic E-state index is 12.9. The van der Waals surface area contributed by atoms with Crippen LogP contribution in [0.5, 0.6) is 0 Å². The Hall–Kier alpha value is -1.95. The van der Waals surface area contributed by atoms with Crippen molar-refractivity contribution in [3.05, 3.63) is 30.1 Å². The van der Waals surface area contributed by atoms with E-state index in [0.717, 1.165) is 4.90 Å². The molecule has 5 nitrogen and oxygen atoms in total. The van der Waals surface area contributed by atoms with Crippen LogP contribution in [0, 0.1) is 5.82 Å². The molecule has 1 saturated heterocycles. The highest BCUT2D eigenvalue weighted by Gasteiger charge is 2.43. The van der Waals surface area contributed by atoms with E-state index >= 15 is 0 Å². The van der Waals surface area contributed by atoms with Gasteiger partial charge in [-0.3, -0.25) is 14.6 Å². The summed E-state index contributed by atoms with van der Waals surface area (Å²) < 4.78 is 12.9. The quantitative estimate of drug-likeness (QED) is 0.855. The molecule has 0 unspecified atom stereocenters. The van der Waals surface area contributed by atoms with Crippen LogP contribution in [0.3, 0.4) is 0 Å². The lowest BCUT2D eigenvalue weighted by atomic mass is 10.2. The number of aliphatic hydroxyl groups excluding tert-OH is 1. The summed E-state index contributed by atoms with van der Waals surface area (Å²) in [4.78, 5) is 26.7. The van der Waals surface area contributed by atoms with Gasteiger partial charge in [0.2, 0.25) is 0 Å². The maximum absolute atomic E-state index is 12.9. The van der Waals surface area contributed by atoms with Gasteiger partial charge in [-0.15, -0.1) is 0 Å². The van der Waals surface area contributed by atoms with E-state index in [9.17, 15) is 19.1 Å². The van der Waals surface area contributed by atoms with Crippen LogP contribution in [0.2, 0.25) is 0 Å². The molecule has 0 aliphatic carbocycles. The number of halogens is 1. The second-order valence-corrected chi connectivity index (χ2v) is 4.82. The molecule has 1 aromatic rings. The molecule has 1 aromatic carbocycles. The van der Waals surface area contributed by atoms with Crippen molar-refractivity contribution < 1.29 is 19.1 Å². The Bertz CT molecular complexity index is 518. The number of amides is 3. The molecule has 6 heteroatoms. The predicted molar refractivity (Wildman–Crippen MR) is 71.7 cm³/mol. The van der Waals surface area contributed by atoms with Crippen LogP contribution in [0.25, 0.3) is 0 Å². The fourth-order valence-corrected chi connectivity index (χ4v) is 2.17. The second-order valence-electron chi connectivity index (χ2n) is 4.82. The molecule has 1 N–H and O–H groups in total. The van der Waals surface area contributed by atoms with Crippen LogP contribution >= 0.6 is 0 Å². The van der Waals surface area contributed by atoms with Gasteiger partial charge >= 0.3 is 6.03 Å². The van der Waals surface area contributed by atoms with Crippen LogP contribution in [0.4, 0.5) is 14.9 Å². The first-order valence-electron chi connectivity index (χ1n) is 6.54. The maximum Gasteiger partial charge on any atom is 0.332 e. The first-order valence-corrected chi connectivity index (χ1v) is 6.54. The van der Waals surface area contributed by atoms with Gasteiger partial charge in [0, 0.05) is 5.69 Å². The third kappa shape index (κ3) is 2.51. The molecule has 1 aliphatic heterocycles. The minimum Gasteiger partial charge on any atom is -0.391 e. The molecule has 2 atom stereocenters. The van der Waals surface area contributed by atoms with E-state index in [4.69, 9.17) is 0 Å². The number of urea groups is 1. The van der Waals surface area contributed by atoms with Gasteiger partial charge in [-0.05, 0) is 37.6 Å². The highest BCUT2D eigenvalue weighted by Crippen LogP contribution is 2.26. The van der Waals surface area contributed by atoms with E-state index in [1.54, 1.807) is 13.8 Å². The summed E-state index contributed by atoms with van der Waals surface area (Å²) in [6, 6.07) is 4.25. The number of nitrogens with zero attached hydrogens (tertiary/aromatic N) is 2. The molecule has 0 saturated carbocycles. The predicted octanol–water partition coefficient (Wildman–Crippen LogP) is 1.75. The van der Waals surface area contributed by atoms with Crippen molar-refractivity contribution in [2.24, 2.45) is 0 Å². The number of carbonyl (C=O) groups is 2. The zero-order valence-electron chi connectivity index (χ0n) is 11.4. The normalized spacial score (nSPS) is 20.7. The lowest BCUT2D eigenvalue weighted by molar-refractivity contribution is -0.127. The number of aliphatic hydroxyl groups is 1. The Balaban J connectivity index is 2.25. The van der Waals surface area contributed by atoms with Gasteiger partial charge in [-0.1, -0.05) is 6.92 Å². The van der Waals surface area contributed by atoms with Crippen molar-refractivity contribution in [1.29, 1.82) is 0 Å². The van der Waals surface area contributed by atoms with E-state index in [1.807, 2.05) is 0 Å². The fourth-order valence-electron chi connectivity index (χ4n) is 2.17. The SMILES string of the molecule is CC[C@@H](O)CN1C(=O)[C@@H](C)N(c2ccc(F)cc2)C1=O. The van der Waals surface area contributed by atoms with Crippen LogP contribution in [0.1, 0.15) is 20.3 Å². The Morgan fingerprint density at radius 3 is 2.45 bits per heavy atom. The first-order chi connectivity index (χ1) is 9.45. The Morgan fingerprint density at radius 2 is 1.90 bits per heavy atom. The van der Waals surface area contributed by atoms with Crippen molar-refractivity contribution in [2.75, 3.05) is 11.4 Å². The van der Waals surface area contributed by atoms with E-state index in [2.05, 4.69) is 0 Å². The van der Waals surface area contributed by atoms with Gasteiger partial charge in [0.15, 0.2) is 0 Å². The second kappa shape index (κ2) is 5.58. The lowest BCUT2D eigenvalue weighted by Crippen LogP contribution is -2.38. The number of hydrogen-bond donors (Lipinski definition) is 1. The average molecular weight is 280 g/mol. The van der Waals surface area contributed by atoms with Gasteiger partial charge in [0.05, 0.1) is 12.6 Å². The number of carbonyl (C=O) groups excluding carboxylic acids is 2. The number of β-amino-alcohol motifs (C(OH)–C–C–N with tert-alkyl or cyclic N) is 1. The molecule has 1 fully saturated rings. The van der Waals surface area contributed by atoms with Crippen molar-refractivity contribution in [3.8, 4) is 0 Å². The van der Waals surface area contributed by atoms with E-state index in [0.29, 0.717) is 12.1 Å². The number of benzene rings is 1. The fraction of sp³-hybridized carbons (Fsp3) is 0.429. The third-order valence-electron chi connectivity index (χ3n) is 3.42. The van der Waals surface area contributed by atoms with Crippen molar-refractivity contribution in [2.45, 2.75) is 32.4 Å². The number of imide groups is 1. The Kier molecular flexibility index (Phi) is 4.04. The monoisotopic (exact) mass is 280 g/mol. The molecular formula is C14H17FN2O3. The molecule has 1 heterocycles. The number of rotatable bonds is 4. The van der Waals surface area contributed by atoms with Crippen molar-refractivity contribution in [1.82, 2.24) is 4.90 Å². The standard InChI is InChI=1S/C14H17FN2O3/c1-3-12(18)8-16-13(19)9(2)17(14(16)20)11-6-4-10(15)5-7-11/h4-7,9,12,18H,3,8H2,1-2H3/t9-,12-/m1/s1. The van der Waals surface area contributed by atoms with Crippen LogP contribution in [0.15, 0.2) is 24.3 Å². The lowest BCUT2D eigenvalue weighted by Gasteiger charge is -2.20. The largest absolute Gasteiger partial charge is 0.391 e. The minimum atomic E-state index is -0.733. The molecule has 2 rings (SSSR count). The topological polar surface area (TPSA) is 60.9 Å². The summed E-state index contributed by atoms with van der Waals surface area (Å²) >= 11 is 0. The summed E-state index contributed by atoms with van der Waals surface area (Å²) in [5.74, 6) is -0.760. The highest BCUT2D eigenvalue weighted by atomic mass is 19.1. The van der Waals surface area contributed by atoms with Gasteiger partial charge in [0.25, 0.3) is 5.91 Å². The smallest absolute Gasteiger partial charge is 0.332 e. The van der Waals surface area contributed by atoms with Gasteiger partial charge in [-0.25, -0.2) is 9.18 Å². The van der Waals surface area contributed by atoms with E-state index < -0.39 is 24.0 Å². The molecule has 0 aromatic heterocycles. The van der Waals surface area contributed by atoms with Crippen molar-refractivity contribution in [3.63, 3.8) is 0 Å². The summed E-state index contributed by atoms with van der Waals surface area (Å²) in [7, 11) is 0. The van der Waals surface area contributed by atoms with Gasteiger partial charge < -0.3 is 5.11 Å². The molecule has 108 valence electrons. The van der Waals surface area contributed by atoms with Crippen molar-refractivity contribution >= 4 is 17.6 Å². The highest BCUT2D eigenvalue weighted by molar-refractivity contribution is 6.14. The van der Waals surface area contributed by atoms with Crippen LogP contribution in [-0.4, -0.2) is 40.6 Å². The van der Waals surface area contributed by atoms with Gasteiger partial charge in [0.1, 0.15) is 11.9 Å². The molecular weight excluding hydrogens is 263 g/mol. The number of anilines is 1. The van der Waals surface area contributed by atoms with Crippen LogP contribution in [-0.2, 0) is 4.79 Å². The van der Waals surface area contributed by atoms with E-state index in [-0.39, 0.29) is 12.5 Å². The molecule has 3 amide bonds. The number of hydrogen-bond acceptors (Lipinski definition) is 3. The third-order valence-corrected chi connectivity index (χ3v) is 3.42. The Morgan fingerprint density at radius 1 is 1.30 bits per heavy atom. The molecule has 0 radical (unpaired) electrons. The summed E-state index contributed by atoms with van der Waals surface area (Å²) in [5.41, 5.74) is 0.464. The summed E-state index contributed by atoms with van der Waals surface area (Å²) in [5, 5.41) is 9.62. The average Bonchev–Trinajstić information content (AvgIpc) is 2.64. The molecule has 0 spiro atoms. The van der Waals surface area contributed by atoms with Crippen LogP contribution < -0.4 is 4.90 Å². The molecule has 20 heavy (non-hydrogen) atoms. The molecule has 1 aliphatic rings. The zero-order valence-corrected chi connectivity index (χ0v) is 11.4. The summed E-state index contributed by atoms with van der Waals surface area (Å²) in [6.07, 6.45) is -0.273. The molecule has 0 bridgehead atoms. The first kappa shape index (κ1) is 14.5. The Labute approximate surface area is 116 Å².